The molecule has 5 rings (SSSR count). The van der Waals surface area contributed by atoms with Crippen molar-refractivity contribution in [1.82, 2.24) is 15.1 Å². The van der Waals surface area contributed by atoms with Crippen molar-refractivity contribution in [3.63, 3.8) is 0 Å². The lowest BCUT2D eigenvalue weighted by Crippen LogP contribution is -2.46. The molecule has 2 unspecified atom stereocenters. The number of nitrogens with zero attached hydrogens (tertiary/aromatic N) is 2. The highest BCUT2D eigenvalue weighted by molar-refractivity contribution is 5.74. The van der Waals surface area contributed by atoms with E-state index in [-0.39, 0.29) is 18.7 Å². The van der Waals surface area contributed by atoms with E-state index < -0.39 is 0 Å². The van der Waals surface area contributed by atoms with Gasteiger partial charge >= 0.3 is 6.03 Å². The monoisotopic (exact) mass is 461 g/mol. The van der Waals surface area contributed by atoms with Gasteiger partial charge in [-0.05, 0) is 80.5 Å². The second-order valence-corrected chi connectivity index (χ2v) is 10.4. The first-order chi connectivity index (χ1) is 16.7. The zero-order valence-corrected chi connectivity index (χ0v) is 20.2. The van der Waals surface area contributed by atoms with Crippen molar-refractivity contribution in [2.45, 2.75) is 76.0 Å². The maximum atomic E-state index is 13.0. The lowest BCUT2D eigenvalue weighted by Gasteiger charge is -2.33. The Morgan fingerprint density at radius 2 is 1.56 bits per heavy atom. The molecule has 2 N–H and O–H groups in total. The minimum Gasteiger partial charge on any atom is -0.396 e. The number of aliphatic hydroxyl groups excluding tert-OH is 1. The average molecular weight is 462 g/mol. The molecule has 2 fully saturated rings. The standard InChI is InChI=1S/C29H39N3O2/c33-20-6-18-31(21-23-7-2-1-3-8-23)29(34)30-24-13-11-22(12-14-24)17-19-32-27-15-16-28(32)26-10-5-4-9-25(26)27/h1-5,7-10,22,24,27-28,33H,6,11-21H2,(H,30,34). The molecule has 5 heteroatoms. The summed E-state index contributed by atoms with van der Waals surface area (Å²) in [5.74, 6) is 0.770. The molecule has 2 heterocycles. The Balaban J connectivity index is 1.07. The number of carbonyl (C=O) groups excluding carboxylic acids is 1. The number of hydrogen-bond acceptors (Lipinski definition) is 3. The van der Waals surface area contributed by atoms with Crippen molar-refractivity contribution in [1.29, 1.82) is 0 Å². The number of nitrogens with one attached hydrogen (secondary N) is 1. The fourth-order valence-electron chi connectivity index (χ4n) is 6.47. The van der Waals surface area contributed by atoms with Crippen LogP contribution in [0.5, 0.6) is 0 Å². The highest BCUT2D eigenvalue weighted by atomic mass is 16.3. The molecule has 1 saturated carbocycles. The fourth-order valence-corrected chi connectivity index (χ4v) is 6.47. The van der Waals surface area contributed by atoms with Crippen molar-refractivity contribution in [2.24, 2.45) is 5.92 Å². The Bertz CT molecular complexity index is 910. The Morgan fingerprint density at radius 1 is 0.912 bits per heavy atom. The summed E-state index contributed by atoms with van der Waals surface area (Å²) in [4.78, 5) is 17.6. The molecule has 2 atom stereocenters. The van der Waals surface area contributed by atoms with Crippen molar-refractivity contribution in [2.75, 3.05) is 19.7 Å². The lowest BCUT2D eigenvalue weighted by molar-refractivity contribution is 0.169. The molecular formula is C29H39N3O2. The van der Waals surface area contributed by atoms with Crippen molar-refractivity contribution in [3.8, 4) is 0 Å². The highest BCUT2D eigenvalue weighted by Crippen LogP contribution is 2.53. The van der Waals surface area contributed by atoms with Crippen LogP contribution < -0.4 is 5.32 Å². The van der Waals surface area contributed by atoms with E-state index in [1.54, 1.807) is 11.1 Å². The molecule has 2 aliphatic heterocycles. The quantitative estimate of drug-likeness (QED) is 0.524. The number of urea groups is 1. The summed E-state index contributed by atoms with van der Waals surface area (Å²) in [6, 6.07) is 20.7. The van der Waals surface area contributed by atoms with Gasteiger partial charge in [-0.3, -0.25) is 4.90 Å². The van der Waals surface area contributed by atoms with Crippen LogP contribution in [-0.2, 0) is 6.54 Å². The molecule has 3 aliphatic rings. The van der Waals surface area contributed by atoms with Gasteiger partial charge in [-0.1, -0.05) is 54.6 Å². The van der Waals surface area contributed by atoms with Gasteiger partial charge in [-0.15, -0.1) is 0 Å². The maximum absolute atomic E-state index is 13.0. The molecule has 182 valence electrons. The van der Waals surface area contributed by atoms with Gasteiger partial charge in [0.15, 0.2) is 0 Å². The second kappa shape index (κ2) is 10.9. The molecule has 0 spiro atoms. The van der Waals surface area contributed by atoms with Crippen LogP contribution in [-0.4, -0.2) is 46.7 Å². The highest BCUT2D eigenvalue weighted by Gasteiger charge is 2.43. The number of aliphatic hydroxyl groups is 1. The summed E-state index contributed by atoms with van der Waals surface area (Å²) in [5, 5.41) is 12.6. The molecule has 34 heavy (non-hydrogen) atoms. The smallest absolute Gasteiger partial charge is 0.317 e. The Labute approximate surface area is 204 Å². The van der Waals surface area contributed by atoms with E-state index in [4.69, 9.17) is 0 Å². The third-order valence-corrected chi connectivity index (χ3v) is 8.29. The minimum absolute atomic E-state index is 0.00663. The van der Waals surface area contributed by atoms with Gasteiger partial charge in [-0.25, -0.2) is 4.79 Å². The van der Waals surface area contributed by atoms with Crippen LogP contribution in [0.25, 0.3) is 0 Å². The van der Waals surface area contributed by atoms with E-state index in [1.807, 2.05) is 23.1 Å². The molecule has 2 aromatic carbocycles. The molecule has 1 aliphatic carbocycles. The number of rotatable bonds is 9. The third-order valence-electron chi connectivity index (χ3n) is 8.29. The van der Waals surface area contributed by atoms with E-state index in [0.29, 0.717) is 31.6 Å². The molecule has 0 aromatic heterocycles. The van der Waals surface area contributed by atoms with E-state index in [9.17, 15) is 9.90 Å². The molecule has 2 amide bonds. The Morgan fingerprint density at radius 3 is 2.21 bits per heavy atom. The van der Waals surface area contributed by atoms with Gasteiger partial charge in [0, 0.05) is 37.8 Å². The molecule has 5 nitrogen and oxygen atoms in total. The maximum Gasteiger partial charge on any atom is 0.317 e. The zero-order chi connectivity index (χ0) is 23.3. The van der Waals surface area contributed by atoms with Crippen LogP contribution in [0.3, 0.4) is 0 Å². The predicted molar refractivity (Wildman–Crippen MR) is 135 cm³/mol. The molecule has 1 saturated heterocycles. The Kier molecular flexibility index (Phi) is 7.51. The second-order valence-electron chi connectivity index (χ2n) is 10.4. The average Bonchev–Trinajstić information content (AvgIpc) is 3.43. The molecule has 2 bridgehead atoms. The number of fused-ring (bicyclic) bond motifs is 5. The summed E-state index contributed by atoms with van der Waals surface area (Å²) in [5.41, 5.74) is 4.27. The zero-order valence-electron chi connectivity index (χ0n) is 20.2. The van der Waals surface area contributed by atoms with Gasteiger partial charge in [0.1, 0.15) is 0 Å². The SMILES string of the molecule is O=C(NC1CCC(CCN2C3CCC2c2ccccc23)CC1)N(CCCO)Cc1ccccc1. The van der Waals surface area contributed by atoms with Crippen LogP contribution >= 0.6 is 0 Å². The predicted octanol–water partition coefficient (Wildman–Crippen LogP) is 5.42. The largest absolute Gasteiger partial charge is 0.396 e. The molecule has 2 aromatic rings. The van der Waals surface area contributed by atoms with E-state index >= 15 is 0 Å². The van der Waals surface area contributed by atoms with Gasteiger partial charge < -0.3 is 15.3 Å². The number of amides is 2. The summed E-state index contributed by atoms with van der Waals surface area (Å²) in [6.45, 7) is 2.47. The van der Waals surface area contributed by atoms with Crippen molar-refractivity contribution in [3.05, 3.63) is 71.3 Å². The minimum atomic E-state index is 0.00663. The first kappa shape index (κ1) is 23.4. The number of benzene rings is 2. The lowest BCUT2D eigenvalue weighted by atomic mass is 9.84. The number of hydrogen-bond donors (Lipinski definition) is 2. The fraction of sp³-hybridized carbons (Fsp3) is 0.552. The van der Waals surface area contributed by atoms with Crippen LogP contribution in [0.1, 0.15) is 80.1 Å². The molecule has 0 radical (unpaired) electrons. The van der Waals surface area contributed by atoms with Crippen LogP contribution in [0.15, 0.2) is 54.6 Å². The summed E-state index contributed by atoms with van der Waals surface area (Å²) in [7, 11) is 0. The van der Waals surface area contributed by atoms with E-state index in [0.717, 1.165) is 24.3 Å². The first-order valence-corrected chi connectivity index (χ1v) is 13.3. The third kappa shape index (κ3) is 5.16. The summed E-state index contributed by atoms with van der Waals surface area (Å²) < 4.78 is 0. The normalized spacial score (nSPS) is 25.8. The molecular weight excluding hydrogens is 422 g/mol. The van der Waals surface area contributed by atoms with Crippen LogP contribution in [0, 0.1) is 5.92 Å². The van der Waals surface area contributed by atoms with Gasteiger partial charge in [0.25, 0.3) is 0 Å². The summed E-state index contributed by atoms with van der Waals surface area (Å²) in [6.07, 6.45) is 9.07. The Hall–Kier alpha value is -2.37. The van der Waals surface area contributed by atoms with Crippen molar-refractivity contribution < 1.29 is 9.90 Å². The van der Waals surface area contributed by atoms with Crippen LogP contribution in [0.4, 0.5) is 4.79 Å². The summed E-state index contributed by atoms with van der Waals surface area (Å²) >= 11 is 0. The topological polar surface area (TPSA) is 55.8 Å². The number of carbonyl (C=O) groups is 1. The van der Waals surface area contributed by atoms with Crippen LogP contribution in [0.2, 0.25) is 0 Å². The van der Waals surface area contributed by atoms with Gasteiger partial charge in [0.05, 0.1) is 0 Å². The van der Waals surface area contributed by atoms with E-state index in [1.165, 1.54) is 38.6 Å². The van der Waals surface area contributed by atoms with Gasteiger partial charge in [-0.2, -0.15) is 0 Å². The first-order valence-electron chi connectivity index (χ1n) is 13.3. The van der Waals surface area contributed by atoms with Crippen molar-refractivity contribution >= 4 is 6.03 Å². The van der Waals surface area contributed by atoms with Gasteiger partial charge in [0.2, 0.25) is 0 Å². The van der Waals surface area contributed by atoms with E-state index in [2.05, 4.69) is 46.6 Å².